The van der Waals surface area contributed by atoms with Crippen molar-refractivity contribution < 1.29 is 12.6 Å². The largest absolute Gasteiger partial charge is 0.264 e. The standard InChI is InChI=1S/C8H14O3S/c1-12(9,10)11-8-6-4-2-3-5-7-8/h4,6,8H,2-3,5,7H2,1H3. The van der Waals surface area contributed by atoms with Crippen LogP contribution in [0.2, 0.25) is 0 Å². The predicted molar refractivity (Wildman–Crippen MR) is 47.3 cm³/mol. The Hall–Kier alpha value is -0.350. The van der Waals surface area contributed by atoms with E-state index in [-0.39, 0.29) is 6.10 Å². The van der Waals surface area contributed by atoms with Gasteiger partial charge in [0.05, 0.1) is 12.4 Å². The van der Waals surface area contributed by atoms with Gasteiger partial charge in [0.2, 0.25) is 0 Å². The van der Waals surface area contributed by atoms with E-state index in [1.54, 1.807) is 0 Å². The van der Waals surface area contributed by atoms with Crippen molar-refractivity contribution in [2.75, 3.05) is 6.26 Å². The average molecular weight is 190 g/mol. The first-order valence-electron chi connectivity index (χ1n) is 4.13. The zero-order valence-electron chi connectivity index (χ0n) is 7.19. The summed E-state index contributed by atoms with van der Waals surface area (Å²) in [6.45, 7) is 0. The Labute approximate surface area is 73.5 Å². The first-order valence-corrected chi connectivity index (χ1v) is 5.94. The molecule has 0 aromatic rings. The van der Waals surface area contributed by atoms with E-state index in [0.717, 1.165) is 31.9 Å². The Morgan fingerprint density at radius 1 is 1.42 bits per heavy atom. The summed E-state index contributed by atoms with van der Waals surface area (Å²) in [5.41, 5.74) is 0. The van der Waals surface area contributed by atoms with E-state index in [1.165, 1.54) is 0 Å². The first-order chi connectivity index (χ1) is 5.58. The Balaban J connectivity index is 2.51. The quantitative estimate of drug-likeness (QED) is 0.489. The lowest BCUT2D eigenvalue weighted by Gasteiger charge is -2.09. The van der Waals surface area contributed by atoms with Gasteiger partial charge in [-0.3, -0.25) is 4.18 Å². The lowest BCUT2D eigenvalue weighted by atomic mass is 10.2. The maximum absolute atomic E-state index is 10.8. The molecule has 12 heavy (non-hydrogen) atoms. The molecule has 0 N–H and O–H groups in total. The van der Waals surface area contributed by atoms with Crippen molar-refractivity contribution in [2.45, 2.75) is 31.8 Å². The highest BCUT2D eigenvalue weighted by Crippen LogP contribution is 2.15. The minimum Gasteiger partial charge on any atom is -0.263 e. The molecule has 0 saturated carbocycles. The van der Waals surface area contributed by atoms with Gasteiger partial charge in [0, 0.05) is 0 Å². The molecule has 1 aliphatic carbocycles. The average Bonchev–Trinajstić information content (AvgIpc) is 2.12. The van der Waals surface area contributed by atoms with Crippen molar-refractivity contribution in [3.05, 3.63) is 12.2 Å². The predicted octanol–water partition coefficient (Wildman–Crippen LogP) is 1.46. The van der Waals surface area contributed by atoms with Crippen molar-refractivity contribution in [3.63, 3.8) is 0 Å². The zero-order chi connectivity index (χ0) is 9.03. The molecule has 3 nitrogen and oxygen atoms in total. The Kier molecular flexibility index (Phi) is 3.29. The second-order valence-electron chi connectivity index (χ2n) is 3.05. The van der Waals surface area contributed by atoms with Gasteiger partial charge in [0.15, 0.2) is 0 Å². The highest BCUT2D eigenvalue weighted by molar-refractivity contribution is 7.86. The maximum Gasteiger partial charge on any atom is 0.264 e. The van der Waals surface area contributed by atoms with E-state index in [0.29, 0.717) is 0 Å². The van der Waals surface area contributed by atoms with Crippen molar-refractivity contribution in [2.24, 2.45) is 0 Å². The van der Waals surface area contributed by atoms with Crippen LogP contribution in [0.3, 0.4) is 0 Å². The molecule has 0 bridgehead atoms. The van der Waals surface area contributed by atoms with Crippen LogP contribution in [-0.2, 0) is 14.3 Å². The Morgan fingerprint density at radius 3 is 2.83 bits per heavy atom. The normalized spacial score (nSPS) is 25.2. The molecule has 0 aromatic heterocycles. The minimum absolute atomic E-state index is 0.234. The molecule has 4 heteroatoms. The summed E-state index contributed by atoms with van der Waals surface area (Å²) < 4.78 is 26.4. The summed E-state index contributed by atoms with van der Waals surface area (Å²) in [4.78, 5) is 0. The third kappa shape index (κ3) is 3.88. The van der Waals surface area contributed by atoms with Crippen molar-refractivity contribution >= 4 is 10.1 Å². The first kappa shape index (κ1) is 9.74. The maximum atomic E-state index is 10.8. The summed E-state index contributed by atoms with van der Waals surface area (Å²) in [6, 6.07) is 0. The van der Waals surface area contributed by atoms with Crippen LogP contribution in [0.5, 0.6) is 0 Å². The fourth-order valence-electron chi connectivity index (χ4n) is 1.26. The third-order valence-corrected chi connectivity index (χ3v) is 2.36. The fourth-order valence-corrected chi connectivity index (χ4v) is 1.87. The zero-order valence-corrected chi connectivity index (χ0v) is 8.01. The van der Waals surface area contributed by atoms with Crippen LogP contribution >= 0.6 is 0 Å². The van der Waals surface area contributed by atoms with Crippen LogP contribution in [-0.4, -0.2) is 20.8 Å². The van der Waals surface area contributed by atoms with Crippen LogP contribution < -0.4 is 0 Å². The van der Waals surface area contributed by atoms with E-state index in [1.807, 2.05) is 12.2 Å². The molecule has 0 spiro atoms. The van der Waals surface area contributed by atoms with Crippen molar-refractivity contribution in [1.29, 1.82) is 0 Å². The Morgan fingerprint density at radius 2 is 2.17 bits per heavy atom. The summed E-state index contributed by atoms with van der Waals surface area (Å²) in [6.07, 6.45) is 8.69. The van der Waals surface area contributed by atoms with Crippen LogP contribution in [0.1, 0.15) is 25.7 Å². The topological polar surface area (TPSA) is 43.4 Å². The molecule has 1 atom stereocenters. The van der Waals surface area contributed by atoms with E-state index < -0.39 is 10.1 Å². The molecule has 0 radical (unpaired) electrons. The lowest BCUT2D eigenvalue weighted by Crippen LogP contribution is -2.14. The SMILES string of the molecule is CS(=O)(=O)OC1C=CCCCC1. The lowest BCUT2D eigenvalue weighted by molar-refractivity contribution is 0.246. The summed E-state index contributed by atoms with van der Waals surface area (Å²) >= 11 is 0. The second-order valence-corrected chi connectivity index (χ2v) is 4.65. The van der Waals surface area contributed by atoms with Crippen LogP contribution in [0.25, 0.3) is 0 Å². The number of hydrogen-bond acceptors (Lipinski definition) is 3. The van der Waals surface area contributed by atoms with Gasteiger partial charge < -0.3 is 0 Å². The third-order valence-electron chi connectivity index (χ3n) is 1.76. The number of allylic oxidation sites excluding steroid dienone is 1. The second kappa shape index (κ2) is 4.05. The highest BCUT2D eigenvalue weighted by atomic mass is 32.2. The van der Waals surface area contributed by atoms with E-state index >= 15 is 0 Å². The molecule has 0 heterocycles. The molecule has 0 fully saturated rings. The molecule has 0 saturated heterocycles. The molecular formula is C8H14O3S. The van der Waals surface area contributed by atoms with Crippen LogP contribution in [0.15, 0.2) is 12.2 Å². The van der Waals surface area contributed by atoms with Gasteiger partial charge in [-0.15, -0.1) is 0 Å². The molecule has 0 aliphatic heterocycles. The van der Waals surface area contributed by atoms with Gasteiger partial charge in [-0.05, 0) is 19.3 Å². The minimum atomic E-state index is -3.29. The molecule has 1 rings (SSSR count). The van der Waals surface area contributed by atoms with Gasteiger partial charge >= 0.3 is 0 Å². The van der Waals surface area contributed by atoms with Gasteiger partial charge in [0.1, 0.15) is 0 Å². The monoisotopic (exact) mass is 190 g/mol. The summed E-state index contributed by atoms with van der Waals surface area (Å²) in [5.74, 6) is 0. The van der Waals surface area contributed by atoms with Crippen LogP contribution in [0.4, 0.5) is 0 Å². The summed E-state index contributed by atoms with van der Waals surface area (Å²) in [7, 11) is -3.29. The van der Waals surface area contributed by atoms with Crippen molar-refractivity contribution in [3.8, 4) is 0 Å². The molecule has 0 aromatic carbocycles. The Bertz CT molecular complexity index is 253. The van der Waals surface area contributed by atoms with Gasteiger partial charge in [-0.25, -0.2) is 0 Å². The highest BCUT2D eigenvalue weighted by Gasteiger charge is 2.13. The molecule has 70 valence electrons. The van der Waals surface area contributed by atoms with E-state index in [4.69, 9.17) is 4.18 Å². The number of rotatable bonds is 2. The van der Waals surface area contributed by atoms with Crippen molar-refractivity contribution in [1.82, 2.24) is 0 Å². The fraction of sp³-hybridized carbons (Fsp3) is 0.750. The molecule has 0 amide bonds. The van der Waals surface area contributed by atoms with Gasteiger partial charge in [0.25, 0.3) is 10.1 Å². The smallest absolute Gasteiger partial charge is 0.263 e. The van der Waals surface area contributed by atoms with Crippen LogP contribution in [0, 0.1) is 0 Å². The summed E-state index contributed by atoms with van der Waals surface area (Å²) in [5, 5.41) is 0. The van der Waals surface area contributed by atoms with Gasteiger partial charge in [-0.2, -0.15) is 8.42 Å². The number of hydrogen-bond donors (Lipinski definition) is 0. The van der Waals surface area contributed by atoms with Gasteiger partial charge in [-0.1, -0.05) is 18.6 Å². The van der Waals surface area contributed by atoms with E-state index in [9.17, 15) is 8.42 Å². The molecule has 1 aliphatic rings. The molecule has 1 unspecified atom stereocenters. The molecular weight excluding hydrogens is 176 g/mol. The van der Waals surface area contributed by atoms with E-state index in [2.05, 4.69) is 0 Å².